The topological polar surface area (TPSA) is 75.6 Å². The molecule has 1 saturated heterocycles. The van der Waals surface area contributed by atoms with E-state index >= 15 is 0 Å². The minimum absolute atomic E-state index is 0.403. The Morgan fingerprint density at radius 2 is 1.95 bits per heavy atom. The fourth-order valence-electron chi connectivity index (χ4n) is 2.03. The number of nitrogens with one attached hydrogen (secondary N) is 1. The molecule has 0 spiro atoms. The van der Waals surface area contributed by atoms with Crippen molar-refractivity contribution in [2.45, 2.75) is 17.0 Å². The van der Waals surface area contributed by atoms with E-state index in [1.165, 1.54) is 19.1 Å². The van der Waals surface area contributed by atoms with Crippen LogP contribution in [0.1, 0.15) is 26.9 Å². The van der Waals surface area contributed by atoms with Crippen LogP contribution in [0.3, 0.4) is 0 Å². The Morgan fingerprint density at radius 3 is 2.50 bits per heavy atom. The summed E-state index contributed by atoms with van der Waals surface area (Å²) in [7, 11) is 1.21. The van der Waals surface area contributed by atoms with Crippen LogP contribution >= 0.6 is 23.5 Å². The Balaban J connectivity index is 1.99. The molecule has 2 N–H and O–H groups in total. The molecule has 0 bridgehead atoms. The van der Waals surface area contributed by atoms with Crippen molar-refractivity contribution in [3.05, 3.63) is 35.4 Å². The molecule has 1 atom stereocenters. The summed E-state index contributed by atoms with van der Waals surface area (Å²) < 4.78 is 4.94. The molecule has 7 heteroatoms. The number of aliphatic hydroxyl groups excluding tert-OH is 1. The predicted octanol–water partition coefficient (Wildman–Crippen LogP) is 1.82. The molecule has 5 nitrogen and oxygen atoms in total. The van der Waals surface area contributed by atoms with E-state index in [9.17, 15) is 9.59 Å². The maximum absolute atomic E-state index is 12.1. The van der Waals surface area contributed by atoms with Gasteiger partial charge in [-0.2, -0.15) is 0 Å². The third-order valence-electron chi connectivity index (χ3n) is 3.25. The van der Waals surface area contributed by atoms with E-state index in [-0.39, 0.29) is 0 Å². The van der Waals surface area contributed by atoms with Gasteiger partial charge in [0.25, 0.3) is 5.91 Å². The maximum Gasteiger partial charge on any atom is 0.330 e. The van der Waals surface area contributed by atoms with Gasteiger partial charge in [0.05, 0.1) is 18.3 Å². The third kappa shape index (κ3) is 4.41. The molecular weight excluding hydrogens is 322 g/mol. The molecule has 1 aromatic rings. The zero-order chi connectivity index (χ0) is 15.9. The highest BCUT2D eigenvalue weighted by atomic mass is 32.2. The molecule has 1 aromatic carbocycles. The van der Waals surface area contributed by atoms with Crippen LogP contribution in [0.25, 0.3) is 0 Å². The van der Waals surface area contributed by atoms with Gasteiger partial charge in [-0.3, -0.25) is 4.79 Å². The number of hydrogen-bond acceptors (Lipinski definition) is 6. The molecule has 22 heavy (non-hydrogen) atoms. The molecular formula is C15H19NO4S2. The van der Waals surface area contributed by atoms with Crippen molar-refractivity contribution in [2.75, 3.05) is 25.2 Å². The zero-order valence-electron chi connectivity index (χ0n) is 12.3. The van der Waals surface area contributed by atoms with Crippen LogP contribution in [0.15, 0.2) is 24.3 Å². The molecule has 1 aliphatic heterocycles. The number of esters is 1. The number of ether oxygens (including phenoxy) is 1. The number of rotatable bonds is 5. The molecule has 120 valence electrons. The molecule has 2 rings (SSSR count). The summed E-state index contributed by atoms with van der Waals surface area (Å²) in [5, 5.41) is 11.6. The first-order valence-corrected chi connectivity index (χ1v) is 9.08. The lowest BCUT2D eigenvalue weighted by Gasteiger charge is -2.21. The van der Waals surface area contributed by atoms with Crippen LogP contribution in [0, 0.1) is 0 Å². The van der Waals surface area contributed by atoms with Gasteiger partial charge in [0, 0.05) is 5.56 Å². The third-order valence-corrected chi connectivity index (χ3v) is 6.26. The summed E-state index contributed by atoms with van der Waals surface area (Å²) >= 11 is 3.84. The number of carbonyl (C=O) groups excluding carboxylic acids is 2. The largest absolute Gasteiger partial charge is 0.467 e. The first-order valence-electron chi connectivity index (χ1n) is 6.98. The maximum atomic E-state index is 12.1. The van der Waals surface area contributed by atoms with Crippen molar-refractivity contribution >= 4 is 35.4 Å². The van der Waals surface area contributed by atoms with Gasteiger partial charge in [-0.15, -0.1) is 23.5 Å². The summed E-state index contributed by atoms with van der Waals surface area (Å²) in [5.74, 6) is 1.26. The standard InChI is InChI=1S/C15H19NO4S2/c1-20-14(19)12(9-17)16-13(18)10-3-5-11(6-4-10)15-21-7-2-8-22-15/h3-6,12,15,17H,2,7-9H2,1H3,(H,16,18)/t12-/m1/s1. The molecule has 0 unspecified atom stereocenters. The molecule has 0 aliphatic carbocycles. The highest BCUT2D eigenvalue weighted by Crippen LogP contribution is 2.43. The molecule has 0 radical (unpaired) electrons. The van der Waals surface area contributed by atoms with Crippen LogP contribution in [0.4, 0.5) is 0 Å². The molecule has 0 saturated carbocycles. The van der Waals surface area contributed by atoms with Crippen molar-refractivity contribution in [2.24, 2.45) is 0 Å². The summed E-state index contributed by atoms with van der Waals surface area (Å²) in [6, 6.07) is 6.33. The molecule has 1 heterocycles. The normalized spacial score (nSPS) is 16.8. The smallest absolute Gasteiger partial charge is 0.330 e. The van der Waals surface area contributed by atoms with E-state index in [1.54, 1.807) is 12.1 Å². The number of aliphatic hydroxyl groups is 1. The second-order valence-corrected chi connectivity index (χ2v) is 7.51. The highest BCUT2D eigenvalue weighted by Gasteiger charge is 2.21. The van der Waals surface area contributed by atoms with E-state index < -0.39 is 24.5 Å². The summed E-state index contributed by atoms with van der Waals surface area (Å²) in [4.78, 5) is 23.4. The summed E-state index contributed by atoms with van der Waals surface area (Å²) in [6.07, 6.45) is 1.24. The Labute approximate surface area is 138 Å². The van der Waals surface area contributed by atoms with Crippen molar-refractivity contribution in [1.82, 2.24) is 5.32 Å². The van der Waals surface area contributed by atoms with E-state index in [1.807, 2.05) is 35.7 Å². The lowest BCUT2D eigenvalue weighted by Crippen LogP contribution is -2.44. The zero-order valence-corrected chi connectivity index (χ0v) is 13.9. The summed E-state index contributed by atoms with van der Waals surface area (Å²) in [5.41, 5.74) is 1.65. The molecule has 0 aromatic heterocycles. The van der Waals surface area contributed by atoms with Crippen molar-refractivity contribution < 1.29 is 19.4 Å². The minimum atomic E-state index is -1.04. The number of amides is 1. The second kappa shape index (κ2) is 8.45. The second-order valence-electron chi connectivity index (χ2n) is 4.78. The number of carbonyl (C=O) groups is 2. The molecule has 1 aliphatic rings. The average molecular weight is 341 g/mol. The predicted molar refractivity (Wildman–Crippen MR) is 89.1 cm³/mol. The van der Waals surface area contributed by atoms with E-state index in [4.69, 9.17) is 5.11 Å². The molecule has 1 amide bonds. The number of benzene rings is 1. The Bertz CT molecular complexity index is 515. The van der Waals surface area contributed by atoms with Crippen LogP contribution in [0.5, 0.6) is 0 Å². The van der Waals surface area contributed by atoms with Gasteiger partial charge < -0.3 is 15.2 Å². The monoisotopic (exact) mass is 341 g/mol. The SMILES string of the molecule is COC(=O)[C@@H](CO)NC(=O)c1ccc(C2SCCCS2)cc1. The number of hydrogen-bond donors (Lipinski definition) is 2. The lowest BCUT2D eigenvalue weighted by molar-refractivity contribution is -0.143. The minimum Gasteiger partial charge on any atom is -0.467 e. The van der Waals surface area contributed by atoms with Crippen molar-refractivity contribution in [1.29, 1.82) is 0 Å². The highest BCUT2D eigenvalue weighted by molar-refractivity contribution is 8.16. The number of methoxy groups -OCH3 is 1. The number of thioether (sulfide) groups is 2. The lowest BCUT2D eigenvalue weighted by atomic mass is 10.1. The van der Waals surface area contributed by atoms with E-state index in [0.29, 0.717) is 10.1 Å². The molecule has 1 fully saturated rings. The van der Waals surface area contributed by atoms with Gasteiger partial charge >= 0.3 is 5.97 Å². The van der Waals surface area contributed by atoms with Gasteiger partial charge in [0.1, 0.15) is 0 Å². The Kier molecular flexibility index (Phi) is 6.60. The van der Waals surface area contributed by atoms with Gasteiger partial charge in [-0.1, -0.05) is 12.1 Å². The van der Waals surface area contributed by atoms with Crippen LogP contribution < -0.4 is 5.32 Å². The van der Waals surface area contributed by atoms with Crippen LogP contribution in [0.2, 0.25) is 0 Å². The van der Waals surface area contributed by atoms with Crippen molar-refractivity contribution in [3.8, 4) is 0 Å². The van der Waals surface area contributed by atoms with Gasteiger partial charge in [-0.25, -0.2) is 4.79 Å². The Morgan fingerprint density at radius 1 is 1.32 bits per heavy atom. The van der Waals surface area contributed by atoms with Crippen LogP contribution in [-0.4, -0.2) is 48.2 Å². The average Bonchev–Trinajstić information content (AvgIpc) is 2.59. The van der Waals surface area contributed by atoms with Gasteiger partial charge in [0.15, 0.2) is 6.04 Å². The quantitative estimate of drug-likeness (QED) is 0.796. The fraction of sp³-hybridized carbons (Fsp3) is 0.467. The summed E-state index contributed by atoms with van der Waals surface area (Å²) in [6.45, 7) is -0.494. The fourth-order valence-corrected chi connectivity index (χ4v) is 4.93. The van der Waals surface area contributed by atoms with Crippen LogP contribution in [-0.2, 0) is 9.53 Å². The first-order chi connectivity index (χ1) is 10.7. The van der Waals surface area contributed by atoms with E-state index in [2.05, 4.69) is 10.1 Å². The Hall–Kier alpha value is -1.18. The van der Waals surface area contributed by atoms with Crippen molar-refractivity contribution in [3.63, 3.8) is 0 Å². The van der Waals surface area contributed by atoms with E-state index in [0.717, 1.165) is 11.5 Å². The first kappa shape index (κ1) is 17.2. The van der Waals surface area contributed by atoms with Gasteiger partial charge in [-0.05, 0) is 35.6 Å². The van der Waals surface area contributed by atoms with Gasteiger partial charge in [0.2, 0.25) is 0 Å².